The van der Waals surface area contributed by atoms with E-state index in [-0.39, 0.29) is 17.5 Å². The van der Waals surface area contributed by atoms with E-state index in [0.717, 1.165) is 11.3 Å². The van der Waals surface area contributed by atoms with E-state index in [4.69, 9.17) is 0 Å². The maximum atomic E-state index is 12.5. The molecule has 23 heavy (non-hydrogen) atoms. The predicted molar refractivity (Wildman–Crippen MR) is 93.2 cm³/mol. The second-order valence-electron chi connectivity index (χ2n) is 6.89. The van der Waals surface area contributed by atoms with Gasteiger partial charge in [0.15, 0.2) is 0 Å². The van der Waals surface area contributed by atoms with Crippen LogP contribution in [0.3, 0.4) is 0 Å². The SMILES string of the molecule is CC(Nc1cnn(C(C)(C)C)c1)C(=O)N(C)Cc1ccccc1. The summed E-state index contributed by atoms with van der Waals surface area (Å²) < 4.78 is 1.89. The molecule has 0 aliphatic rings. The van der Waals surface area contributed by atoms with Crippen molar-refractivity contribution in [2.75, 3.05) is 12.4 Å². The average molecular weight is 314 g/mol. The van der Waals surface area contributed by atoms with Gasteiger partial charge >= 0.3 is 0 Å². The zero-order valence-electron chi connectivity index (χ0n) is 14.6. The Hall–Kier alpha value is -2.30. The van der Waals surface area contributed by atoms with E-state index in [1.165, 1.54) is 0 Å². The number of anilines is 1. The first-order valence-electron chi connectivity index (χ1n) is 7.88. The van der Waals surface area contributed by atoms with E-state index in [0.29, 0.717) is 6.54 Å². The Kier molecular flexibility index (Phi) is 5.08. The van der Waals surface area contributed by atoms with Crippen molar-refractivity contribution in [3.63, 3.8) is 0 Å². The van der Waals surface area contributed by atoms with Crippen LogP contribution in [-0.4, -0.2) is 33.7 Å². The highest BCUT2D eigenvalue weighted by Crippen LogP contribution is 2.16. The van der Waals surface area contributed by atoms with Crippen molar-refractivity contribution in [2.24, 2.45) is 0 Å². The third-order valence-corrected chi connectivity index (χ3v) is 3.66. The Balaban J connectivity index is 1.95. The highest BCUT2D eigenvalue weighted by molar-refractivity contribution is 5.83. The molecule has 1 aromatic heterocycles. The Labute approximate surface area is 138 Å². The number of amides is 1. The van der Waals surface area contributed by atoms with Gasteiger partial charge in [-0.2, -0.15) is 5.10 Å². The quantitative estimate of drug-likeness (QED) is 0.922. The molecule has 5 nitrogen and oxygen atoms in total. The molecule has 0 saturated heterocycles. The molecule has 1 amide bonds. The lowest BCUT2D eigenvalue weighted by molar-refractivity contribution is -0.130. The number of hydrogen-bond donors (Lipinski definition) is 1. The number of aromatic nitrogens is 2. The van der Waals surface area contributed by atoms with E-state index < -0.39 is 0 Å². The van der Waals surface area contributed by atoms with E-state index in [2.05, 4.69) is 31.2 Å². The van der Waals surface area contributed by atoms with Gasteiger partial charge in [-0.05, 0) is 33.3 Å². The lowest BCUT2D eigenvalue weighted by Gasteiger charge is -2.22. The molecule has 0 fully saturated rings. The monoisotopic (exact) mass is 314 g/mol. The zero-order valence-corrected chi connectivity index (χ0v) is 14.6. The summed E-state index contributed by atoms with van der Waals surface area (Å²) in [5.74, 6) is 0.0531. The molecule has 1 heterocycles. The van der Waals surface area contributed by atoms with Gasteiger partial charge in [-0.25, -0.2) is 0 Å². The lowest BCUT2D eigenvalue weighted by Crippen LogP contribution is -2.38. The van der Waals surface area contributed by atoms with E-state index >= 15 is 0 Å². The molecule has 2 rings (SSSR count). The summed E-state index contributed by atoms with van der Waals surface area (Å²) in [7, 11) is 1.83. The number of hydrogen-bond acceptors (Lipinski definition) is 3. The molecular formula is C18H26N4O. The fraction of sp³-hybridized carbons (Fsp3) is 0.444. The first-order chi connectivity index (χ1) is 10.8. The summed E-state index contributed by atoms with van der Waals surface area (Å²) in [6, 6.07) is 9.68. The number of carbonyl (C=O) groups excluding carboxylic acids is 1. The van der Waals surface area contributed by atoms with Crippen molar-refractivity contribution < 1.29 is 4.79 Å². The molecule has 0 aliphatic heterocycles. The smallest absolute Gasteiger partial charge is 0.244 e. The Bertz CT molecular complexity index is 643. The number of likely N-dealkylation sites (N-methyl/N-ethyl adjacent to an activating group) is 1. The minimum absolute atomic E-state index is 0.0531. The van der Waals surface area contributed by atoms with Crippen LogP contribution in [0, 0.1) is 0 Å². The van der Waals surface area contributed by atoms with Crippen LogP contribution in [0.1, 0.15) is 33.3 Å². The van der Waals surface area contributed by atoms with Crippen LogP contribution >= 0.6 is 0 Å². The highest BCUT2D eigenvalue weighted by Gasteiger charge is 2.19. The summed E-state index contributed by atoms with van der Waals surface area (Å²) in [5.41, 5.74) is 1.90. The van der Waals surface area contributed by atoms with E-state index in [1.807, 2.05) is 55.2 Å². The van der Waals surface area contributed by atoms with Crippen LogP contribution in [-0.2, 0) is 16.9 Å². The minimum Gasteiger partial charge on any atom is -0.371 e. The normalized spacial score (nSPS) is 12.7. The van der Waals surface area contributed by atoms with Crippen LogP contribution in [0.15, 0.2) is 42.7 Å². The van der Waals surface area contributed by atoms with Crippen LogP contribution < -0.4 is 5.32 Å². The molecule has 0 radical (unpaired) electrons. The maximum absolute atomic E-state index is 12.5. The van der Waals surface area contributed by atoms with Gasteiger partial charge in [-0.15, -0.1) is 0 Å². The second-order valence-corrected chi connectivity index (χ2v) is 6.89. The number of carbonyl (C=O) groups is 1. The molecular weight excluding hydrogens is 288 g/mol. The highest BCUT2D eigenvalue weighted by atomic mass is 16.2. The van der Waals surface area contributed by atoms with Gasteiger partial charge in [0.25, 0.3) is 0 Å². The average Bonchev–Trinajstić information content (AvgIpc) is 2.96. The third-order valence-electron chi connectivity index (χ3n) is 3.66. The van der Waals surface area contributed by atoms with Gasteiger partial charge in [0.2, 0.25) is 5.91 Å². The van der Waals surface area contributed by atoms with Gasteiger partial charge in [-0.3, -0.25) is 9.48 Å². The number of benzene rings is 1. The fourth-order valence-corrected chi connectivity index (χ4v) is 2.34. The number of rotatable bonds is 5. The van der Waals surface area contributed by atoms with Gasteiger partial charge in [-0.1, -0.05) is 30.3 Å². The van der Waals surface area contributed by atoms with Crippen LogP contribution in [0.2, 0.25) is 0 Å². The molecule has 1 unspecified atom stereocenters. The molecule has 1 aromatic carbocycles. The maximum Gasteiger partial charge on any atom is 0.244 e. The molecule has 1 atom stereocenters. The van der Waals surface area contributed by atoms with Crippen LogP contribution in [0.25, 0.3) is 0 Å². The van der Waals surface area contributed by atoms with E-state index in [9.17, 15) is 4.79 Å². The third kappa shape index (κ3) is 4.58. The van der Waals surface area contributed by atoms with Crippen molar-refractivity contribution >= 4 is 11.6 Å². The van der Waals surface area contributed by atoms with Crippen molar-refractivity contribution in [2.45, 2.75) is 45.8 Å². The van der Waals surface area contributed by atoms with Crippen LogP contribution in [0.4, 0.5) is 5.69 Å². The second kappa shape index (κ2) is 6.86. The molecule has 124 valence electrons. The summed E-state index contributed by atoms with van der Waals surface area (Å²) in [5, 5.41) is 7.57. The minimum atomic E-state index is -0.304. The van der Waals surface area contributed by atoms with Crippen molar-refractivity contribution in [1.82, 2.24) is 14.7 Å². The summed E-state index contributed by atoms with van der Waals surface area (Å²) in [6.07, 6.45) is 3.69. The topological polar surface area (TPSA) is 50.2 Å². The van der Waals surface area contributed by atoms with Gasteiger partial charge in [0.05, 0.1) is 17.4 Å². The van der Waals surface area contributed by atoms with Gasteiger partial charge in [0, 0.05) is 19.8 Å². The summed E-state index contributed by atoms with van der Waals surface area (Å²) >= 11 is 0. The zero-order chi connectivity index (χ0) is 17.0. The Morgan fingerprint density at radius 2 is 1.96 bits per heavy atom. The van der Waals surface area contributed by atoms with Crippen molar-refractivity contribution in [1.29, 1.82) is 0 Å². The fourth-order valence-electron chi connectivity index (χ4n) is 2.34. The molecule has 0 bridgehead atoms. The standard InChI is InChI=1S/C18H26N4O/c1-14(20-16-11-19-22(13-16)18(2,3)4)17(23)21(5)12-15-9-7-6-8-10-15/h6-11,13-14,20H,12H2,1-5H3. The summed E-state index contributed by atoms with van der Waals surface area (Å²) in [4.78, 5) is 14.2. The Morgan fingerprint density at radius 1 is 1.30 bits per heavy atom. The lowest BCUT2D eigenvalue weighted by atomic mass is 10.1. The molecule has 0 saturated carbocycles. The Morgan fingerprint density at radius 3 is 2.52 bits per heavy atom. The molecule has 0 aliphatic carbocycles. The van der Waals surface area contributed by atoms with Gasteiger partial charge in [0.1, 0.15) is 6.04 Å². The molecule has 5 heteroatoms. The molecule has 2 aromatic rings. The number of nitrogens with one attached hydrogen (secondary N) is 1. The summed E-state index contributed by atoms with van der Waals surface area (Å²) in [6.45, 7) is 8.75. The first-order valence-corrected chi connectivity index (χ1v) is 7.88. The number of nitrogens with zero attached hydrogens (tertiary/aromatic N) is 3. The van der Waals surface area contributed by atoms with E-state index in [1.54, 1.807) is 11.1 Å². The largest absolute Gasteiger partial charge is 0.371 e. The van der Waals surface area contributed by atoms with Crippen LogP contribution in [0.5, 0.6) is 0 Å². The first kappa shape index (κ1) is 17.1. The van der Waals surface area contributed by atoms with Crippen molar-refractivity contribution in [3.05, 3.63) is 48.3 Å². The molecule has 0 spiro atoms. The van der Waals surface area contributed by atoms with Gasteiger partial charge < -0.3 is 10.2 Å². The molecule has 1 N–H and O–H groups in total. The van der Waals surface area contributed by atoms with Crippen molar-refractivity contribution in [3.8, 4) is 0 Å². The predicted octanol–water partition coefficient (Wildman–Crippen LogP) is 3.10.